The fraction of sp³-hybridized carbons (Fsp3) is 0.200. The Labute approximate surface area is 106 Å². The molecule has 0 fully saturated rings. The summed E-state index contributed by atoms with van der Waals surface area (Å²) in [7, 11) is 1.67. The van der Waals surface area contributed by atoms with Crippen molar-refractivity contribution in [2.45, 2.75) is 10.9 Å². The highest BCUT2D eigenvalue weighted by molar-refractivity contribution is 7.98. The van der Waals surface area contributed by atoms with E-state index >= 15 is 0 Å². The standard InChI is InChI=1S/C10H9FN4O2S/c1-15-10(12-13-14-15)18-5-6-4-7(11)2-3-8(6)9(16)17/h2-4H,5H2,1H3,(H,16,17). The summed E-state index contributed by atoms with van der Waals surface area (Å²) in [5, 5.41) is 20.4. The molecule has 0 aliphatic rings. The maximum Gasteiger partial charge on any atom is 0.335 e. The molecule has 94 valence electrons. The number of carboxylic acids is 1. The molecular formula is C10H9FN4O2S. The van der Waals surface area contributed by atoms with Crippen LogP contribution in [0.25, 0.3) is 0 Å². The van der Waals surface area contributed by atoms with E-state index in [1.54, 1.807) is 7.05 Å². The van der Waals surface area contributed by atoms with Crippen LogP contribution in [-0.4, -0.2) is 31.3 Å². The van der Waals surface area contributed by atoms with Crippen LogP contribution in [0.2, 0.25) is 0 Å². The molecule has 1 aromatic carbocycles. The molecule has 6 nitrogen and oxygen atoms in total. The fourth-order valence-electron chi connectivity index (χ4n) is 1.38. The van der Waals surface area contributed by atoms with Crippen LogP contribution in [0.1, 0.15) is 15.9 Å². The molecule has 2 aromatic rings. The number of aryl methyl sites for hydroxylation is 1. The van der Waals surface area contributed by atoms with Gasteiger partial charge in [-0.2, -0.15) is 0 Å². The van der Waals surface area contributed by atoms with Crippen molar-refractivity contribution in [3.63, 3.8) is 0 Å². The summed E-state index contributed by atoms with van der Waals surface area (Å²) in [6.45, 7) is 0. The highest BCUT2D eigenvalue weighted by Crippen LogP contribution is 2.22. The van der Waals surface area contributed by atoms with Crippen molar-refractivity contribution < 1.29 is 14.3 Å². The second kappa shape index (κ2) is 5.13. The van der Waals surface area contributed by atoms with E-state index in [1.807, 2.05) is 0 Å². The van der Waals surface area contributed by atoms with Gasteiger partial charge in [-0.05, 0) is 34.2 Å². The van der Waals surface area contributed by atoms with Crippen LogP contribution in [0.15, 0.2) is 23.4 Å². The van der Waals surface area contributed by atoms with Gasteiger partial charge in [0.1, 0.15) is 5.82 Å². The maximum atomic E-state index is 13.1. The van der Waals surface area contributed by atoms with Gasteiger partial charge in [0, 0.05) is 12.8 Å². The average Bonchev–Trinajstić information content (AvgIpc) is 2.72. The van der Waals surface area contributed by atoms with Gasteiger partial charge in [-0.3, -0.25) is 0 Å². The van der Waals surface area contributed by atoms with Gasteiger partial charge in [-0.25, -0.2) is 13.9 Å². The number of aromatic nitrogens is 4. The minimum Gasteiger partial charge on any atom is -0.478 e. The number of tetrazole rings is 1. The van der Waals surface area contributed by atoms with Crippen LogP contribution in [0.3, 0.4) is 0 Å². The van der Waals surface area contributed by atoms with Crippen LogP contribution in [0.5, 0.6) is 0 Å². The Morgan fingerprint density at radius 2 is 2.33 bits per heavy atom. The Morgan fingerprint density at radius 1 is 1.56 bits per heavy atom. The van der Waals surface area contributed by atoms with Crippen LogP contribution in [-0.2, 0) is 12.8 Å². The molecule has 18 heavy (non-hydrogen) atoms. The Morgan fingerprint density at radius 3 is 2.94 bits per heavy atom. The SMILES string of the molecule is Cn1nnnc1SCc1cc(F)ccc1C(=O)O. The van der Waals surface area contributed by atoms with E-state index in [2.05, 4.69) is 15.5 Å². The molecule has 0 spiro atoms. The summed E-state index contributed by atoms with van der Waals surface area (Å²) < 4.78 is 14.6. The Balaban J connectivity index is 2.20. The van der Waals surface area contributed by atoms with Gasteiger partial charge in [-0.1, -0.05) is 11.8 Å². The van der Waals surface area contributed by atoms with Gasteiger partial charge in [0.2, 0.25) is 5.16 Å². The monoisotopic (exact) mass is 268 g/mol. The quantitative estimate of drug-likeness (QED) is 0.843. The second-order valence-corrected chi connectivity index (χ2v) is 4.42. The van der Waals surface area contributed by atoms with Crippen LogP contribution in [0.4, 0.5) is 4.39 Å². The smallest absolute Gasteiger partial charge is 0.335 e. The summed E-state index contributed by atoms with van der Waals surface area (Å²) in [4.78, 5) is 11.0. The molecule has 0 aliphatic heterocycles. The van der Waals surface area contributed by atoms with E-state index < -0.39 is 11.8 Å². The van der Waals surface area contributed by atoms with Crippen molar-refractivity contribution in [3.8, 4) is 0 Å². The summed E-state index contributed by atoms with van der Waals surface area (Å²) in [5.74, 6) is -1.26. The molecule has 2 rings (SSSR count). The number of carboxylic acid groups (broad SMARTS) is 1. The number of aromatic carboxylic acids is 1. The molecule has 0 aliphatic carbocycles. The number of rotatable bonds is 4. The molecule has 0 unspecified atom stereocenters. The van der Waals surface area contributed by atoms with Crippen molar-refractivity contribution in [2.75, 3.05) is 0 Å². The lowest BCUT2D eigenvalue weighted by Gasteiger charge is -2.05. The second-order valence-electron chi connectivity index (χ2n) is 3.48. The summed E-state index contributed by atoms with van der Waals surface area (Å²) in [6.07, 6.45) is 0. The number of carbonyl (C=O) groups is 1. The molecule has 0 bridgehead atoms. The average molecular weight is 268 g/mol. The van der Waals surface area contributed by atoms with E-state index in [0.29, 0.717) is 10.7 Å². The zero-order valence-electron chi connectivity index (χ0n) is 9.37. The van der Waals surface area contributed by atoms with Crippen LogP contribution in [0, 0.1) is 5.82 Å². The zero-order valence-corrected chi connectivity index (χ0v) is 10.2. The number of halogens is 1. The fourth-order valence-corrected chi connectivity index (χ4v) is 2.22. The number of thioether (sulfide) groups is 1. The lowest BCUT2D eigenvalue weighted by atomic mass is 10.1. The number of benzene rings is 1. The van der Waals surface area contributed by atoms with Gasteiger partial charge in [0.15, 0.2) is 0 Å². The van der Waals surface area contributed by atoms with Crippen molar-refractivity contribution in [2.24, 2.45) is 7.05 Å². The summed E-state index contributed by atoms with van der Waals surface area (Å²) in [5.41, 5.74) is 0.481. The van der Waals surface area contributed by atoms with Gasteiger partial charge in [0.25, 0.3) is 0 Å². The highest BCUT2D eigenvalue weighted by Gasteiger charge is 2.12. The van der Waals surface area contributed by atoms with Crippen LogP contribution >= 0.6 is 11.8 Å². The molecule has 1 aromatic heterocycles. The van der Waals surface area contributed by atoms with Gasteiger partial charge in [0.05, 0.1) is 5.56 Å². The third-order valence-corrected chi connectivity index (χ3v) is 3.30. The molecule has 0 saturated carbocycles. The number of nitrogens with zero attached hydrogens (tertiary/aromatic N) is 4. The molecular weight excluding hydrogens is 259 g/mol. The van der Waals surface area contributed by atoms with E-state index in [0.717, 1.165) is 6.07 Å². The first-order chi connectivity index (χ1) is 8.58. The van der Waals surface area contributed by atoms with Crippen molar-refractivity contribution >= 4 is 17.7 Å². The predicted molar refractivity (Wildman–Crippen MR) is 61.7 cm³/mol. The first-order valence-corrected chi connectivity index (χ1v) is 5.93. The molecule has 1 heterocycles. The molecule has 0 amide bonds. The maximum absolute atomic E-state index is 13.1. The summed E-state index contributed by atoms with van der Waals surface area (Å²) >= 11 is 1.24. The molecule has 0 atom stereocenters. The van der Waals surface area contributed by atoms with Crippen molar-refractivity contribution in [1.29, 1.82) is 0 Å². The van der Waals surface area contributed by atoms with E-state index in [4.69, 9.17) is 5.11 Å². The number of hydrogen-bond acceptors (Lipinski definition) is 5. The third kappa shape index (κ3) is 2.65. The van der Waals surface area contributed by atoms with E-state index in [1.165, 1.54) is 28.6 Å². The summed E-state index contributed by atoms with van der Waals surface area (Å²) in [6, 6.07) is 3.59. The molecule has 1 N–H and O–H groups in total. The number of hydrogen-bond donors (Lipinski definition) is 1. The molecule has 0 radical (unpaired) electrons. The Kier molecular flexibility index (Phi) is 3.56. The van der Waals surface area contributed by atoms with Gasteiger partial charge >= 0.3 is 5.97 Å². The lowest BCUT2D eigenvalue weighted by molar-refractivity contribution is 0.0696. The van der Waals surface area contributed by atoms with E-state index in [-0.39, 0.29) is 11.3 Å². The predicted octanol–water partition coefficient (Wildman–Crippen LogP) is 1.34. The topological polar surface area (TPSA) is 80.9 Å². The Bertz CT molecular complexity index is 587. The third-order valence-electron chi connectivity index (χ3n) is 2.24. The Hall–Kier alpha value is -1.96. The van der Waals surface area contributed by atoms with Gasteiger partial charge < -0.3 is 5.11 Å². The zero-order chi connectivity index (χ0) is 13.1. The van der Waals surface area contributed by atoms with Gasteiger partial charge in [-0.15, -0.1) is 5.10 Å². The van der Waals surface area contributed by atoms with Crippen molar-refractivity contribution in [3.05, 3.63) is 35.1 Å². The minimum atomic E-state index is -1.08. The van der Waals surface area contributed by atoms with E-state index in [9.17, 15) is 9.18 Å². The molecule has 8 heteroatoms. The highest BCUT2D eigenvalue weighted by atomic mass is 32.2. The first kappa shape index (κ1) is 12.5. The largest absolute Gasteiger partial charge is 0.478 e. The van der Waals surface area contributed by atoms with Crippen molar-refractivity contribution in [1.82, 2.24) is 20.2 Å². The normalized spacial score (nSPS) is 10.6. The lowest BCUT2D eigenvalue weighted by Crippen LogP contribution is -2.02. The van der Waals surface area contributed by atoms with Crippen LogP contribution < -0.4 is 0 Å². The minimum absolute atomic E-state index is 0.0824. The molecule has 0 saturated heterocycles. The first-order valence-electron chi connectivity index (χ1n) is 4.95.